The van der Waals surface area contributed by atoms with Crippen molar-refractivity contribution in [2.75, 3.05) is 11.9 Å². The van der Waals surface area contributed by atoms with E-state index in [4.69, 9.17) is 4.74 Å². The fraction of sp³-hybridized carbons (Fsp3) is 0.600. The molecular formula is C15H23NO3S. The minimum Gasteiger partial charge on any atom is -0.462 e. The minimum absolute atomic E-state index is 0.0368. The van der Waals surface area contributed by atoms with Crippen LogP contribution in [0.4, 0.5) is 5.00 Å². The Morgan fingerprint density at radius 2 is 1.90 bits per heavy atom. The summed E-state index contributed by atoms with van der Waals surface area (Å²) in [7, 11) is 0. The van der Waals surface area contributed by atoms with Gasteiger partial charge in [-0.05, 0) is 32.8 Å². The summed E-state index contributed by atoms with van der Waals surface area (Å²) >= 11 is 1.43. The largest absolute Gasteiger partial charge is 0.462 e. The molecule has 0 saturated carbocycles. The van der Waals surface area contributed by atoms with Gasteiger partial charge in [0.1, 0.15) is 5.00 Å². The standard InChI is InChI=1S/C15H23NO3S/c1-5-7-8-9-12(17)16-14-13(15(18)19-6-2)10(3)11(4)20-14/h5-9H2,1-4H3,(H,16,17). The van der Waals surface area contributed by atoms with Gasteiger partial charge in [0.2, 0.25) is 5.91 Å². The molecule has 0 aromatic carbocycles. The molecule has 1 aromatic rings. The number of hydrogen-bond acceptors (Lipinski definition) is 4. The summed E-state index contributed by atoms with van der Waals surface area (Å²) in [4.78, 5) is 24.9. The van der Waals surface area contributed by atoms with Crippen molar-refractivity contribution in [2.45, 2.75) is 53.4 Å². The highest BCUT2D eigenvalue weighted by atomic mass is 32.1. The van der Waals surface area contributed by atoms with Gasteiger partial charge in [0.05, 0.1) is 12.2 Å². The van der Waals surface area contributed by atoms with Gasteiger partial charge in [-0.15, -0.1) is 11.3 Å². The van der Waals surface area contributed by atoms with E-state index >= 15 is 0 Å². The molecule has 1 N–H and O–H groups in total. The first-order valence-corrected chi connectivity index (χ1v) is 7.89. The van der Waals surface area contributed by atoms with Crippen molar-refractivity contribution in [1.82, 2.24) is 0 Å². The van der Waals surface area contributed by atoms with Gasteiger partial charge in [0.15, 0.2) is 0 Å². The Hall–Kier alpha value is -1.36. The average molecular weight is 297 g/mol. The lowest BCUT2D eigenvalue weighted by atomic mass is 10.1. The van der Waals surface area contributed by atoms with E-state index in [1.54, 1.807) is 6.92 Å². The number of ether oxygens (including phenoxy) is 1. The average Bonchev–Trinajstić information content (AvgIpc) is 2.65. The molecule has 20 heavy (non-hydrogen) atoms. The van der Waals surface area contributed by atoms with Gasteiger partial charge in [-0.3, -0.25) is 4.79 Å². The molecule has 112 valence electrons. The molecule has 1 aromatic heterocycles. The van der Waals surface area contributed by atoms with Gasteiger partial charge in [0, 0.05) is 11.3 Å². The predicted octanol–water partition coefficient (Wildman–Crippen LogP) is 4.06. The molecule has 1 rings (SSSR count). The van der Waals surface area contributed by atoms with Crippen molar-refractivity contribution in [2.24, 2.45) is 0 Å². The Morgan fingerprint density at radius 3 is 2.50 bits per heavy atom. The third-order valence-electron chi connectivity index (χ3n) is 3.13. The Kier molecular flexibility index (Phi) is 6.71. The molecule has 0 aliphatic carbocycles. The Morgan fingerprint density at radius 1 is 1.20 bits per heavy atom. The van der Waals surface area contributed by atoms with Gasteiger partial charge in [-0.2, -0.15) is 0 Å². The van der Waals surface area contributed by atoms with Gasteiger partial charge in [-0.25, -0.2) is 4.79 Å². The number of rotatable bonds is 7. The number of hydrogen-bond donors (Lipinski definition) is 1. The maximum Gasteiger partial charge on any atom is 0.341 e. The van der Waals surface area contributed by atoms with Crippen molar-refractivity contribution in [3.63, 3.8) is 0 Å². The van der Waals surface area contributed by atoms with Crippen LogP contribution >= 0.6 is 11.3 Å². The van der Waals surface area contributed by atoms with E-state index in [0.29, 0.717) is 23.6 Å². The summed E-state index contributed by atoms with van der Waals surface area (Å²) in [6, 6.07) is 0. The zero-order valence-corrected chi connectivity index (χ0v) is 13.5. The van der Waals surface area contributed by atoms with Crippen LogP contribution in [-0.2, 0) is 9.53 Å². The minimum atomic E-state index is -0.363. The van der Waals surface area contributed by atoms with Crippen LogP contribution in [0.2, 0.25) is 0 Å². The third kappa shape index (κ3) is 4.34. The number of thiophene rings is 1. The maximum atomic E-state index is 12.0. The second-order valence-corrected chi connectivity index (χ2v) is 5.94. The molecule has 0 saturated heterocycles. The highest BCUT2D eigenvalue weighted by Gasteiger charge is 2.21. The van der Waals surface area contributed by atoms with E-state index in [-0.39, 0.29) is 11.9 Å². The van der Waals surface area contributed by atoms with Crippen molar-refractivity contribution < 1.29 is 14.3 Å². The molecule has 0 atom stereocenters. The van der Waals surface area contributed by atoms with Crippen molar-refractivity contribution in [1.29, 1.82) is 0 Å². The number of carbonyl (C=O) groups is 2. The second kappa shape index (κ2) is 8.04. The van der Waals surface area contributed by atoms with E-state index in [2.05, 4.69) is 12.2 Å². The van der Waals surface area contributed by atoms with Gasteiger partial charge >= 0.3 is 5.97 Å². The molecule has 0 spiro atoms. The van der Waals surface area contributed by atoms with Crippen LogP contribution in [0.5, 0.6) is 0 Å². The number of unbranched alkanes of at least 4 members (excludes halogenated alkanes) is 2. The highest BCUT2D eigenvalue weighted by molar-refractivity contribution is 7.16. The third-order valence-corrected chi connectivity index (χ3v) is 4.25. The molecule has 5 heteroatoms. The predicted molar refractivity (Wildman–Crippen MR) is 82.5 cm³/mol. The summed E-state index contributed by atoms with van der Waals surface area (Å²) in [5, 5.41) is 3.46. The Balaban J connectivity index is 2.81. The maximum absolute atomic E-state index is 12.0. The van der Waals surface area contributed by atoms with E-state index in [9.17, 15) is 9.59 Å². The monoisotopic (exact) mass is 297 g/mol. The van der Waals surface area contributed by atoms with Gasteiger partial charge in [-0.1, -0.05) is 19.8 Å². The zero-order valence-electron chi connectivity index (χ0n) is 12.7. The zero-order chi connectivity index (χ0) is 15.1. The first-order chi connectivity index (χ1) is 9.51. The van der Waals surface area contributed by atoms with Crippen LogP contribution in [0.1, 0.15) is 60.3 Å². The molecular weight excluding hydrogens is 274 g/mol. The summed E-state index contributed by atoms with van der Waals surface area (Å²) < 4.78 is 5.06. The summed E-state index contributed by atoms with van der Waals surface area (Å²) in [6.45, 7) is 8.02. The molecule has 0 unspecified atom stereocenters. The highest BCUT2D eigenvalue weighted by Crippen LogP contribution is 2.33. The first-order valence-electron chi connectivity index (χ1n) is 7.08. The summed E-state index contributed by atoms with van der Waals surface area (Å²) in [5.41, 5.74) is 1.38. The van der Waals surface area contributed by atoms with Crippen LogP contribution in [0, 0.1) is 13.8 Å². The molecule has 0 fully saturated rings. The van der Waals surface area contributed by atoms with Gasteiger partial charge in [0.25, 0.3) is 0 Å². The van der Waals surface area contributed by atoms with Crippen LogP contribution in [0.15, 0.2) is 0 Å². The molecule has 0 aliphatic heterocycles. The molecule has 1 heterocycles. The SMILES string of the molecule is CCCCCC(=O)Nc1sc(C)c(C)c1C(=O)OCC. The first kappa shape index (κ1) is 16.7. The molecule has 0 radical (unpaired) electrons. The normalized spacial score (nSPS) is 10.4. The second-order valence-electron chi connectivity index (χ2n) is 4.71. The fourth-order valence-electron chi connectivity index (χ4n) is 1.89. The molecule has 0 bridgehead atoms. The van der Waals surface area contributed by atoms with Crippen LogP contribution < -0.4 is 5.32 Å². The number of anilines is 1. The number of aryl methyl sites for hydroxylation is 1. The molecule has 1 amide bonds. The van der Waals surface area contributed by atoms with E-state index in [1.165, 1.54) is 11.3 Å². The topological polar surface area (TPSA) is 55.4 Å². The molecule has 0 aliphatic rings. The summed E-state index contributed by atoms with van der Waals surface area (Å²) in [5.74, 6) is -0.400. The van der Waals surface area contributed by atoms with Crippen LogP contribution in [-0.4, -0.2) is 18.5 Å². The number of nitrogens with one attached hydrogen (secondary N) is 1. The van der Waals surface area contributed by atoms with E-state index < -0.39 is 0 Å². The van der Waals surface area contributed by atoms with Gasteiger partial charge < -0.3 is 10.1 Å². The lowest BCUT2D eigenvalue weighted by molar-refractivity contribution is -0.116. The van der Waals surface area contributed by atoms with Crippen molar-refractivity contribution in [3.05, 3.63) is 16.0 Å². The number of esters is 1. The Bertz CT molecular complexity index is 480. The lowest BCUT2D eigenvalue weighted by Gasteiger charge is -2.07. The van der Waals surface area contributed by atoms with Crippen molar-refractivity contribution in [3.8, 4) is 0 Å². The quantitative estimate of drug-likeness (QED) is 0.610. The Labute approximate surface area is 124 Å². The van der Waals surface area contributed by atoms with E-state index in [1.807, 2.05) is 13.8 Å². The fourth-order valence-corrected chi connectivity index (χ4v) is 2.95. The van der Waals surface area contributed by atoms with E-state index in [0.717, 1.165) is 29.7 Å². The number of amides is 1. The van der Waals surface area contributed by atoms with Crippen LogP contribution in [0.3, 0.4) is 0 Å². The number of carbonyl (C=O) groups excluding carboxylic acids is 2. The van der Waals surface area contributed by atoms with Crippen LogP contribution in [0.25, 0.3) is 0 Å². The smallest absolute Gasteiger partial charge is 0.341 e. The summed E-state index contributed by atoms with van der Waals surface area (Å²) in [6.07, 6.45) is 3.49. The molecule has 4 nitrogen and oxygen atoms in total. The lowest BCUT2D eigenvalue weighted by Crippen LogP contribution is -2.14. The van der Waals surface area contributed by atoms with Crippen molar-refractivity contribution >= 4 is 28.2 Å².